The molecular weight excluding hydrogens is 791 g/mol. The zero-order valence-electron chi connectivity index (χ0n) is 38.7. The van der Waals surface area contributed by atoms with E-state index in [0.717, 1.165) is 50.5 Å². The fourth-order valence-electron chi connectivity index (χ4n) is 14.1. The number of hydrogen-bond acceptors (Lipinski definition) is 12. The first-order valence-electron chi connectivity index (χ1n) is 24.1. The van der Waals surface area contributed by atoms with Crippen LogP contribution in [0.25, 0.3) is 0 Å². The second-order valence-electron chi connectivity index (χ2n) is 20.3. The van der Waals surface area contributed by atoms with E-state index in [1.807, 2.05) is 32.0 Å². The lowest BCUT2D eigenvalue weighted by molar-refractivity contribution is -0.314. The summed E-state index contributed by atoms with van der Waals surface area (Å²) in [6.45, 7) is 8.20. The Kier molecular flexibility index (Phi) is 14.7. The van der Waals surface area contributed by atoms with Crippen molar-refractivity contribution in [1.29, 1.82) is 0 Å². The maximum atomic E-state index is 15.3. The van der Waals surface area contributed by atoms with Crippen molar-refractivity contribution in [3.63, 3.8) is 0 Å². The first-order chi connectivity index (χ1) is 29.9. The quantitative estimate of drug-likeness (QED) is 0.225. The molecule has 4 saturated carbocycles. The highest BCUT2D eigenvalue weighted by Gasteiger charge is 2.66. The van der Waals surface area contributed by atoms with Crippen LogP contribution >= 0.6 is 0 Å². The number of ketones is 2. The number of ether oxygens (including phenoxy) is 8. The molecule has 0 radical (unpaired) electrons. The molecule has 4 aliphatic carbocycles. The number of methoxy groups -OCH3 is 3. The molecule has 0 spiro atoms. The Hall–Kier alpha value is -2.29. The fourth-order valence-corrected chi connectivity index (χ4v) is 14.1. The monoisotopic (exact) mass is 866 g/mol. The van der Waals surface area contributed by atoms with Crippen LogP contribution in [0.5, 0.6) is 0 Å². The molecule has 0 aromatic heterocycles. The largest absolute Gasteiger partial charge is 0.462 e. The molecule has 3 heterocycles. The highest BCUT2D eigenvalue weighted by Crippen LogP contribution is 2.67. The summed E-state index contributed by atoms with van der Waals surface area (Å²) < 4.78 is 50.7. The predicted octanol–water partition coefficient (Wildman–Crippen LogP) is 7.00. The van der Waals surface area contributed by atoms with Crippen molar-refractivity contribution in [2.24, 2.45) is 53.3 Å². The summed E-state index contributed by atoms with van der Waals surface area (Å²) in [5.74, 6) is -0.845. The lowest BCUT2D eigenvalue weighted by Crippen LogP contribution is -2.59. The number of cyclic esters (lactones) is 1. The average Bonchev–Trinajstić information content (AvgIpc) is 3.95. The first-order valence-corrected chi connectivity index (χ1v) is 24.1. The first kappa shape index (κ1) is 46.2. The second-order valence-corrected chi connectivity index (χ2v) is 20.3. The number of Topliss-reactive ketones (excluding diaryl/α,β-unsaturated/α-hetero) is 2. The number of carbonyl (C=O) groups excluding carboxylic acids is 3. The van der Waals surface area contributed by atoms with Crippen LogP contribution in [-0.4, -0.2) is 125 Å². The van der Waals surface area contributed by atoms with Gasteiger partial charge in [-0.2, -0.15) is 0 Å². The van der Waals surface area contributed by atoms with Gasteiger partial charge < -0.3 is 42.8 Å². The van der Waals surface area contributed by atoms with Gasteiger partial charge in [0.05, 0.1) is 24.4 Å². The number of rotatable bonds is 10. The van der Waals surface area contributed by atoms with Crippen LogP contribution in [0.1, 0.15) is 110 Å². The number of benzene rings is 1. The molecule has 12 heteroatoms. The zero-order valence-corrected chi connectivity index (χ0v) is 38.7. The van der Waals surface area contributed by atoms with Crippen LogP contribution in [0.3, 0.4) is 0 Å². The third-order valence-electron chi connectivity index (χ3n) is 17.0. The van der Waals surface area contributed by atoms with Crippen LogP contribution in [0.2, 0.25) is 0 Å². The van der Waals surface area contributed by atoms with Crippen molar-refractivity contribution >= 4 is 17.5 Å². The molecule has 7 aliphatic rings. The minimum atomic E-state index is -0.658. The van der Waals surface area contributed by atoms with Crippen molar-refractivity contribution in [2.75, 3.05) is 35.4 Å². The summed E-state index contributed by atoms with van der Waals surface area (Å²) >= 11 is 0. The fraction of sp³-hybridized carbons (Fsp3) is 0.820. The van der Waals surface area contributed by atoms with Crippen LogP contribution in [-0.2, 0) is 52.3 Å². The Morgan fingerprint density at radius 3 is 2.08 bits per heavy atom. The summed E-state index contributed by atoms with van der Waals surface area (Å²) in [6, 6.07) is 10.5. The molecule has 1 aromatic carbocycles. The lowest BCUT2D eigenvalue weighted by atomic mass is 9.58. The van der Waals surface area contributed by atoms with Crippen LogP contribution in [0, 0.1) is 53.3 Å². The number of carbonyl (C=O) groups is 3. The Labute approximate surface area is 370 Å². The van der Waals surface area contributed by atoms with Crippen molar-refractivity contribution in [3.05, 3.63) is 35.9 Å². The number of hydrogen-bond donors (Lipinski definition) is 0. The van der Waals surface area contributed by atoms with Gasteiger partial charge in [-0.05, 0) is 133 Å². The Morgan fingerprint density at radius 1 is 0.710 bits per heavy atom. The van der Waals surface area contributed by atoms with Gasteiger partial charge in [0.2, 0.25) is 0 Å². The van der Waals surface area contributed by atoms with Crippen LogP contribution < -0.4 is 0 Å². The van der Waals surface area contributed by atoms with E-state index in [0.29, 0.717) is 25.3 Å². The minimum Gasteiger partial charge on any atom is -0.462 e. The normalized spacial score (nSPS) is 46.3. The second kappa shape index (κ2) is 19.7. The third kappa shape index (κ3) is 8.86. The van der Waals surface area contributed by atoms with Gasteiger partial charge >= 0.3 is 5.97 Å². The maximum absolute atomic E-state index is 15.3. The van der Waals surface area contributed by atoms with E-state index in [4.69, 9.17) is 37.9 Å². The smallest absolute Gasteiger partial charge is 0.306 e. The molecule has 12 nitrogen and oxygen atoms in total. The SMILES string of the molecule is CC[C@H]1CCC[C@H](O[C@H]2CC[C@H](N(C)C)[C@@H](C)O2)[C@@H](C)C(=O)C2C[C@H]3[C@@H]4C[C@H](O[C@@H]5O[C@@H](C)[C@H](OC)[C@@H](OC)[C@H]5OC)C[C@H]4C4CC(c5ccccc5)C(=O)C4[C@H]3[C@@H]2CC(=O)O1. The van der Waals surface area contributed by atoms with Gasteiger partial charge in [-0.15, -0.1) is 0 Å². The Balaban J connectivity index is 1.11. The minimum absolute atomic E-state index is 0.00753. The molecule has 8 rings (SSSR count). The highest BCUT2D eigenvalue weighted by atomic mass is 16.7. The molecule has 1 aromatic rings. The summed E-state index contributed by atoms with van der Waals surface area (Å²) in [4.78, 5) is 46.8. The van der Waals surface area contributed by atoms with Gasteiger partial charge in [0.25, 0.3) is 0 Å². The van der Waals surface area contributed by atoms with Gasteiger partial charge in [-0.25, -0.2) is 0 Å². The number of likely N-dealkylation sites (N-methyl/N-ethyl adjacent to an activating group) is 1. The summed E-state index contributed by atoms with van der Waals surface area (Å²) in [5, 5.41) is 0. The molecule has 21 atom stereocenters. The topological polar surface area (TPSA) is 128 Å². The van der Waals surface area contributed by atoms with Gasteiger partial charge in [-0.3, -0.25) is 14.4 Å². The molecule has 0 N–H and O–H groups in total. The van der Waals surface area contributed by atoms with E-state index < -0.39 is 18.3 Å². The van der Waals surface area contributed by atoms with E-state index >= 15 is 9.59 Å². The van der Waals surface area contributed by atoms with Crippen LogP contribution in [0.4, 0.5) is 0 Å². The van der Waals surface area contributed by atoms with E-state index in [1.54, 1.807) is 21.3 Å². The summed E-state index contributed by atoms with van der Waals surface area (Å²) in [5.41, 5.74) is 1.05. The molecule has 0 bridgehead atoms. The molecular formula is C50H75NO11. The van der Waals surface area contributed by atoms with E-state index in [9.17, 15) is 4.79 Å². The maximum Gasteiger partial charge on any atom is 0.306 e. The van der Waals surface area contributed by atoms with Gasteiger partial charge in [0, 0.05) is 57.5 Å². The van der Waals surface area contributed by atoms with Crippen molar-refractivity contribution in [1.82, 2.24) is 4.90 Å². The predicted molar refractivity (Wildman–Crippen MR) is 231 cm³/mol. The molecule has 3 saturated heterocycles. The van der Waals surface area contributed by atoms with Gasteiger partial charge in [-0.1, -0.05) is 44.2 Å². The third-order valence-corrected chi connectivity index (χ3v) is 17.0. The van der Waals surface area contributed by atoms with Crippen molar-refractivity contribution < 1.29 is 52.3 Å². The molecule has 0 amide bonds. The Bertz CT molecular complexity index is 1690. The van der Waals surface area contributed by atoms with Gasteiger partial charge in [0.1, 0.15) is 36.0 Å². The average molecular weight is 866 g/mol. The highest BCUT2D eigenvalue weighted by molar-refractivity contribution is 5.91. The van der Waals surface area contributed by atoms with Crippen molar-refractivity contribution in [3.8, 4) is 0 Å². The standard InChI is InChI=1S/C50H75NO11/c1-10-30-17-14-18-40(62-42-20-19-39(51(5)6)27(3)58-42)26(2)45(53)38-24-35-33-21-31(61-50-49(57-9)48(56-8)47(55-7)28(4)59-50)22-34(33)36-23-32(29-15-12-11-13-16-29)46(54)44(36)43(35)37(38)25-41(52)60-30/h11-13,15-16,26-28,30-40,42-44,47-50H,10,14,17-25H2,1-9H3/t26-,27-,28+,30+,31+,32?,33-,34-,35+,36?,37-,38?,39+,40+,42+,43-,44?,47+,48-,49-,50+/m1/s1. The molecule has 3 aliphatic heterocycles. The number of nitrogens with zero attached hydrogens (tertiary/aromatic N) is 1. The van der Waals surface area contributed by atoms with Crippen LogP contribution in [0.15, 0.2) is 30.3 Å². The van der Waals surface area contributed by atoms with Crippen molar-refractivity contribution in [2.45, 2.75) is 172 Å². The summed E-state index contributed by atoms with van der Waals surface area (Å²) in [6.07, 6.45) is 4.61. The molecule has 62 heavy (non-hydrogen) atoms. The zero-order chi connectivity index (χ0) is 44.0. The Morgan fingerprint density at radius 2 is 1.42 bits per heavy atom. The number of fused-ring (bicyclic) bond motifs is 8. The molecule has 7 fully saturated rings. The summed E-state index contributed by atoms with van der Waals surface area (Å²) in [7, 11) is 9.16. The van der Waals surface area contributed by atoms with E-state index in [-0.39, 0.29) is 126 Å². The van der Waals surface area contributed by atoms with Gasteiger partial charge in [0.15, 0.2) is 12.6 Å². The van der Waals surface area contributed by atoms with E-state index in [2.05, 4.69) is 45.0 Å². The molecule has 4 unspecified atom stereocenters. The molecule has 346 valence electrons. The van der Waals surface area contributed by atoms with E-state index in [1.165, 1.54) is 0 Å². The number of esters is 1. The lowest BCUT2D eigenvalue weighted by Gasteiger charge is -2.46.